The molecule has 11 heteroatoms. The van der Waals surface area contributed by atoms with Crippen molar-refractivity contribution >= 4 is 48.0 Å². The first kappa shape index (κ1) is 27.8. The third-order valence-electron chi connectivity index (χ3n) is 6.02. The van der Waals surface area contributed by atoms with Gasteiger partial charge >= 0.3 is 6.18 Å². The zero-order valence-electron chi connectivity index (χ0n) is 18.4. The van der Waals surface area contributed by atoms with Crippen LogP contribution in [0, 0.1) is 0 Å². The van der Waals surface area contributed by atoms with Crippen LogP contribution in [0.2, 0.25) is 0 Å². The lowest BCUT2D eigenvalue weighted by atomic mass is 10.1. The van der Waals surface area contributed by atoms with E-state index in [1.54, 1.807) is 29.2 Å². The van der Waals surface area contributed by atoms with Crippen molar-refractivity contribution in [3.63, 3.8) is 0 Å². The van der Waals surface area contributed by atoms with Gasteiger partial charge in [0, 0.05) is 44.1 Å². The van der Waals surface area contributed by atoms with Gasteiger partial charge in [-0.3, -0.25) is 19.4 Å². The number of unbranched alkanes of at least 4 members (excludes halogenated alkanes) is 1. The molecule has 0 atom stereocenters. The first-order valence-electron chi connectivity index (χ1n) is 10.6. The Morgan fingerprint density at radius 3 is 1.94 bits per heavy atom. The van der Waals surface area contributed by atoms with E-state index in [2.05, 4.69) is 4.90 Å². The van der Waals surface area contributed by atoms with Crippen LogP contribution in [0.15, 0.2) is 42.5 Å². The first-order chi connectivity index (χ1) is 15.3. The van der Waals surface area contributed by atoms with Gasteiger partial charge in [-0.15, -0.1) is 24.8 Å². The Morgan fingerprint density at radius 2 is 1.38 bits per heavy atom. The molecule has 6 nitrogen and oxygen atoms in total. The molecule has 0 saturated carbocycles. The third kappa shape index (κ3) is 5.76. The molecular weight excluding hydrogens is 492 g/mol. The van der Waals surface area contributed by atoms with Crippen molar-refractivity contribution in [2.24, 2.45) is 0 Å². The Morgan fingerprint density at radius 1 is 0.824 bits per heavy atom. The van der Waals surface area contributed by atoms with Crippen LogP contribution in [0.3, 0.4) is 0 Å². The van der Waals surface area contributed by atoms with Crippen molar-refractivity contribution in [2.45, 2.75) is 19.0 Å². The van der Waals surface area contributed by atoms with E-state index in [9.17, 15) is 22.8 Å². The summed E-state index contributed by atoms with van der Waals surface area (Å²) in [6.45, 7) is 3.41. The van der Waals surface area contributed by atoms with E-state index < -0.39 is 11.7 Å². The Balaban J connectivity index is 0.00000204. The second kappa shape index (κ2) is 11.3. The second-order valence-electron chi connectivity index (χ2n) is 8.12. The number of piperazine rings is 1. The number of alkyl halides is 3. The Hall–Kier alpha value is -2.49. The van der Waals surface area contributed by atoms with Crippen LogP contribution in [-0.2, 0) is 6.18 Å². The quantitative estimate of drug-likeness (QED) is 0.350. The molecule has 1 saturated heterocycles. The molecule has 34 heavy (non-hydrogen) atoms. The van der Waals surface area contributed by atoms with Crippen molar-refractivity contribution in [3.05, 3.63) is 59.2 Å². The molecule has 0 spiro atoms. The monoisotopic (exact) mass is 518 g/mol. The average Bonchev–Trinajstić information content (AvgIpc) is 3.01. The van der Waals surface area contributed by atoms with Crippen LogP contribution < -0.4 is 10.6 Å². The summed E-state index contributed by atoms with van der Waals surface area (Å²) < 4.78 is 40.2. The Kier molecular flexibility index (Phi) is 9.22. The molecule has 0 aliphatic carbocycles. The van der Waals surface area contributed by atoms with Gasteiger partial charge in [-0.2, -0.15) is 13.2 Å². The summed E-state index contributed by atoms with van der Waals surface area (Å²) in [5.41, 5.74) is 6.02. The molecule has 2 aromatic rings. The lowest BCUT2D eigenvalue weighted by Crippen LogP contribution is -2.47. The van der Waals surface area contributed by atoms with E-state index in [0.717, 1.165) is 19.0 Å². The van der Waals surface area contributed by atoms with Crippen LogP contribution in [0.1, 0.15) is 39.1 Å². The van der Waals surface area contributed by atoms with Gasteiger partial charge in [0.05, 0.1) is 16.7 Å². The number of halogens is 5. The molecule has 186 valence electrons. The summed E-state index contributed by atoms with van der Waals surface area (Å²) in [5, 5.41) is 0. The van der Waals surface area contributed by atoms with E-state index >= 15 is 0 Å². The second-order valence-corrected chi connectivity index (χ2v) is 8.12. The standard InChI is InChI=1S/C23H25F3N4O2.2ClH/c24-23(25,26)19-15-16(27)7-8-20(19)29-13-11-28(12-14-29)9-3-4-10-30-21(31)17-5-1-2-6-18(17)22(30)32;;/h1-2,5-8,15H,3-4,9-14,27H2;2*1H. The van der Waals surface area contributed by atoms with E-state index in [4.69, 9.17) is 5.73 Å². The van der Waals surface area contributed by atoms with Crippen LogP contribution in [0.25, 0.3) is 0 Å². The number of imide groups is 1. The van der Waals surface area contributed by atoms with Gasteiger partial charge in [0.25, 0.3) is 11.8 Å². The lowest BCUT2D eigenvalue weighted by molar-refractivity contribution is -0.137. The van der Waals surface area contributed by atoms with Crippen molar-refractivity contribution in [1.29, 1.82) is 0 Å². The number of hydrogen-bond donors (Lipinski definition) is 1. The molecular formula is C23H27Cl2F3N4O2. The summed E-state index contributed by atoms with van der Waals surface area (Å²) in [6.07, 6.45) is -2.98. The summed E-state index contributed by atoms with van der Waals surface area (Å²) in [6, 6.07) is 10.7. The normalized spacial score (nSPS) is 16.2. The van der Waals surface area contributed by atoms with Gasteiger partial charge in [-0.1, -0.05) is 12.1 Å². The largest absolute Gasteiger partial charge is 0.418 e. The molecule has 2 aliphatic rings. The number of amides is 2. The third-order valence-corrected chi connectivity index (χ3v) is 6.02. The zero-order valence-corrected chi connectivity index (χ0v) is 20.0. The fourth-order valence-corrected chi connectivity index (χ4v) is 4.32. The number of fused-ring (bicyclic) bond motifs is 1. The maximum atomic E-state index is 13.4. The van der Waals surface area contributed by atoms with Crippen LogP contribution in [0.4, 0.5) is 24.5 Å². The number of carbonyl (C=O) groups is 2. The molecule has 0 unspecified atom stereocenters. The lowest BCUT2D eigenvalue weighted by Gasteiger charge is -2.37. The highest BCUT2D eigenvalue weighted by Crippen LogP contribution is 2.38. The number of carbonyl (C=O) groups excluding carboxylic acids is 2. The molecule has 2 aromatic carbocycles. The molecule has 2 amide bonds. The minimum absolute atomic E-state index is 0. The highest BCUT2D eigenvalue weighted by Gasteiger charge is 2.36. The molecule has 1 fully saturated rings. The van der Waals surface area contributed by atoms with E-state index in [1.165, 1.54) is 17.0 Å². The summed E-state index contributed by atoms with van der Waals surface area (Å²) in [4.78, 5) is 30.0. The van der Waals surface area contributed by atoms with Gasteiger partial charge in [0.15, 0.2) is 0 Å². The van der Waals surface area contributed by atoms with Gasteiger partial charge < -0.3 is 10.6 Å². The van der Waals surface area contributed by atoms with Gasteiger partial charge in [-0.05, 0) is 49.7 Å². The minimum atomic E-state index is -4.45. The predicted molar refractivity (Wildman–Crippen MR) is 130 cm³/mol. The van der Waals surface area contributed by atoms with Crippen molar-refractivity contribution < 1.29 is 22.8 Å². The van der Waals surface area contributed by atoms with Crippen molar-refractivity contribution in [3.8, 4) is 0 Å². The van der Waals surface area contributed by atoms with Gasteiger partial charge in [-0.25, -0.2) is 0 Å². The Bertz CT molecular complexity index is 993. The fraction of sp³-hybridized carbons (Fsp3) is 0.391. The topological polar surface area (TPSA) is 69.9 Å². The molecule has 0 bridgehead atoms. The highest BCUT2D eigenvalue weighted by atomic mass is 35.5. The van der Waals surface area contributed by atoms with Gasteiger partial charge in [0.2, 0.25) is 0 Å². The molecule has 2 N–H and O–H groups in total. The summed E-state index contributed by atoms with van der Waals surface area (Å²) in [7, 11) is 0. The molecule has 2 aliphatic heterocycles. The molecule has 2 heterocycles. The first-order valence-corrected chi connectivity index (χ1v) is 10.6. The number of anilines is 2. The zero-order chi connectivity index (χ0) is 22.9. The predicted octanol–water partition coefficient (Wildman–Crippen LogP) is 4.33. The number of nitrogens with two attached hydrogens (primary N) is 1. The maximum Gasteiger partial charge on any atom is 0.418 e. The SMILES string of the molecule is Cl.Cl.Nc1ccc(N2CCN(CCCCN3C(=O)c4ccccc4C3=O)CC2)c(C(F)(F)F)c1. The van der Waals surface area contributed by atoms with E-state index in [-0.39, 0.29) is 48.0 Å². The Labute approximate surface area is 208 Å². The molecule has 0 radical (unpaired) electrons. The number of nitrogen functional groups attached to an aromatic ring is 1. The van der Waals surface area contributed by atoms with Gasteiger partial charge in [0.1, 0.15) is 0 Å². The average molecular weight is 519 g/mol. The fourth-order valence-electron chi connectivity index (χ4n) is 4.32. The molecule has 0 aromatic heterocycles. The minimum Gasteiger partial charge on any atom is -0.399 e. The van der Waals surface area contributed by atoms with E-state index in [1.807, 2.05) is 0 Å². The van der Waals surface area contributed by atoms with E-state index in [0.29, 0.717) is 50.3 Å². The van der Waals surface area contributed by atoms with Crippen LogP contribution >= 0.6 is 24.8 Å². The van der Waals surface area contributed by atoms with Crippen LogP contribution in [0.5, 0.6) is 0 Å². The number of nitrogens with zero attached hydrogens (tertiary/aromatic N) is 3. The van der Waals surface area contributed by atoms with Crippen molar-refractivity contribution in [2.75, 3.05) is 49.9 Å². The summed E-state index contributed by atoms with van der Waals surface area (Å²) >= 11 is 0. The van der Waals surface area contributed by atoms with Crippen LogP contribution in [-0.4, -0.2) is 60.9 Å². The number of rotatable bonds is 6. The molecule has 4 rings (SSSR count). The number of benzene rings is 2. The maximum absolute atomic E-state index is 13.4. The smallest absolute Gasteiger partial charge is 0.399 e. The number of hydrogen-bond acceptors (Lipinski definition) is 5. The highest BCUT2D eigenvalue weighted by molar-refractivity contribution is 6.21. The summed E-state index contributed by atoms with van der Waals surface area (Å²) in [5.74, 6) is -0.494. The van der Waals surface area contributed by atoms with Crippen molar-refractivity contribution in [1.82, 2.24) is 9.80 Å².